The highest BCUT2D eigenvalue weighted by Gasteiger charge is 2.23. The molecule has 0 spiro atoms. The van der Waals surface area contributed by atoms with E-state index in [1.807, 2.05) is 6.20 Å². The van der Waals surface area contributed by atoms with E-state index < -0.39 is 0 Å². The molecule has 0 unspecified atom stereocenters. The van der Waals surface area contributed by atoms with Gasteiger partial charge in [0.2, 0.25) is 0 Å². The van der Waals surface area contributed by atoms with Gasteiger partial charge in [-0.25, -0.2) is 4.98 Å². The van der Waals surface area contributed by atoms with E-state index in [0.717, 1.165) is 33.3 Å². The molecule has 0 radical (unpaired) electrons. The maximum atomic E-state index is 6.94. The molecule has 3 nitrogen and oxygen atoms in total. The number of nitrogens with zero attached hydrogens (tertiary/aromatic N) is 2. The molecule has 260 valence electrons. The van der Waals surface area contributed by atoms with E-state index in [9.17, 15) is 0 Å². The van der Waals surface area contributed by atoms with Crippen LogP contribution in [0.1, 0.15) is 50.7 Å². The Labute approximate surface area is 315 Å². The first-order valence-electron chi connectivity index (χ1n) is 19.0. The van der Waals surface area contributed by atoms with E-state index in [0.29, 0.717) is 11.8 Å². The minimum Gasteiger partial charge on any atom is -0.455 e. The number of fused-ring (bicyclic) bond motifs is 9. The van der Waals surface area contributed by atoms with E-state index in [1.54, 1.807) is 0 Å². The van der Waals surface area contributed by atoms with Crippen molar-refractivity contribution >= 4 is 54.3 Å². The second kappa shape index (κ2) is 12.6. The van der Waals surface area contributed by atoms with Crippen LogP contribution in [0.2, 0.25) is 0 Å². The fourth-order valence-corrected chi connectivity index (χ4v) is 8.55. The molecule has 0 atom stereocenters. The summed E-state index contributed by atoms with van der Waals surface area (Å²) >= 11 is 0. The molecule has 2 aromatic heterocycles. The molecule has 0 aliphatic rings. The van der Waals surface area contributed by atoms with Gasteiger partial charge in [0.1, 0.15) is 17.0 Å². The highest BCUT2D eigenvalue weighted by molar-refractivity contribution is 6.28. The molecule has 3 heteroatoms. The molecule has 0 saturated carbocycles. The first-order valence-corrected chi connectivity index (χ1v) is 19.0. The van der Waals surface area contributed by atoms with Crippen LogP contribution in [0.25, 0.3) is 93.6 Å². The highest BCUT2D eigenvalue weighted by Crippen LogP contribution is 2.44. The number of para-hydroxylation sites is 1. The van der Waals surface area contributed by atoms with Crippen molar-refractivity contribution in [2.24, 2.45) is 0 Å². The van der Waals surface area contributed by atoms with E-state index >= 15 is 0 Å². The Morgan fingerprint density at radius 3 is 1.70 bits per heavy atom. The Hall–Kier alpha value is -6.45. The van der Waals surface area contributed by atoms with Crippen molar-refractivity contribution in [1.29, 1.82) is 0 Å². The molecule has 0 saturated heterocycles. The van der Waals surface area contributed by atoms with Crippen molar-refractivity contribution in [3.05, 3.63) is 169 Å². The van der Waals surface area contributed by atoms with Crippen LogP contribution >= 0.6 is 0 Å². The lowest BCUT2D eigenvalue weighted by atomic mass is 9.88. The Morgan fingerprint density at radius 1 is 0.463 bits per heavy atom. The molecule has 10 rings (SSSR count). The number of benzene rings is 8. The lowest BCUT2D eigenvalue weighted by Gasteiger charge is -2.23. The smallest absolute Gasteiger partial charge is 0.148 e. The Balaban J connectivity index is 1.20. The lowest BCUT2D eigenvalue weighted by molar-refractivity contribution is 0.670. The molecule has 10 aromatic rings. The van der Waals surface area contributed by atoms with Crippen molar-refractivity contribution in [3.63, 3.8) is 0 Å². The number of furan rings is 1. The first kappa shape index (κ1) is 32.2. The summed E-state index contributed by atoms with van der Waals surface area (Å²) < 4.78 is 9.23. The van der Waals surface area contributed by atoms with Gasteiger partial charge in [-0.1, -0.05) is 137 Å². The summed E-state index contributed by atoms with van der Waals surface area (Å²) in [7, 11) is 0. The van der Waals surface area contributed by atoms with Crippen molar-refractivity contribution in [2.75, 3.05) is 0 Å². The van der Waals surface area contributed by atoms with Gasteiger partial charge >= 0.3 is 0 Å². The van der Waals surface area contributed by atoms with Crippen LogP contribution in [0, 0.1) is 0 Å². The maximum absolute atomic E-state index is 6.94. The maximum Gasteiger partial charge on any atom is 0.148 e. The molecular formula is C51H40N2O. The summed E-state index contributed by atoms with van der Waals surface area (Å²) in [6, 6.07) is 52.8. The van der Waals surface area contributed by atoms with Crippen LogP contribution < -0.4 is 0 Å². The molecule has 2 heterocycles. The van der Waals surface area contributed by atoms with Gasteiger partial charge in [0, 0.05) is 23.2 Å². The lowest BCUT2D eigenvalue weighted by Crippen LogP contribution is -2.08. The van der Waals surface area contributed by atoms with Crippen LogP contribution in [-0.4, -0.2) is 9.55 Å². The molecule has 0 aliphatic heterocycles. The largest absolute Gasteiger partial charge is 0.455 e. The van der Waals surface area contributed by atoms with Gasteiger partial charge in [-0.15, -0.1) is 0 Å². The SMILES string of the molecule is CC(C)c1cc(-c2ccccc2)cc(C(C)C)c1-n1ccnc1-c1cccc2c1oc1cc3c4ccc(-c5ccccc5)cc4c4ccccc4c3cc12. The quantitative estimate of drug-likeness (QED) is 0.162. The van der Waals surface area contributed by atoms with Crippen LogP contribution in [0.3, 0.4) is 0 Å². The van der Waals surface area contributed by atoms with Crippen molar-refractivity contribution in [1.82, 2.24) is 9.55 Å². The molecule has 0 N–H and O–H groups in total. The van der Waals surface area contributed by atoms with E-state index in [2.05, 4.69) is 184 Å². The Bertz CT molecular complexity index is 3010. The zero-order chi connectivity index (χ0) is 36.5. The third-order valence-electron chi connectivity index (χ3n) is 11.2. The predicted octanol–water partition coefficient (Wildman–Crippen LogP) is 14.5. The van der Waals surface area contributed by atoms with Crippen LogP contribution in [-0.2, 0) is 0 Å². The Kier molecular flexibility index (Phi) is 7.52. The van der Waals surface area contributed by atoms with Crippen LogP contribution in [0.4, 0.5) is 0 Å². The molecule has 0 aliphatic carbocycles. The minimum atomic E-state index is 0.305. The summed E-state index contributed by atoms with van der Waals surface area (Å²) in [5, 5.41) is 9.60. The number of hydrogen-bond acceptors (Lipinski definition) is 2. The fraction of sp³-hybridized carbons (Fsp3) is 0.118. The summed E-state index contributed by atoms with van der Waals surface area (Å²) in [4.78, 5) is 5.04. The van der Waals surface area contributed by atoms with E-state index in [4.69, 9.17) is 9.40 Å². The van der Waals surface area contributed by atoms with E-state index in [-0.39, 0.29) is 0 Å². The van der Waals surface area contributed by atoms with E-state index in [1.165, 1.54) is 71.4 Å². The average Bonchev–Trinajstić information content (AvgIpc) is 3.85. The van der Waals surface area contributed by atoms with Crippen LogP contribution in [0.5, 0.6) is 0 Å². The average molecular weight is 697 g/mol. The molecule has 54 heavy (non-hydrogen) atoms. The number of hydrogen-bond donors (Lipinski definition) is 0. The second-order valence-corrected chi connectivity index (χ2v) is 15.1. The molecule has 0 bridgehead atoms. The van der Waals surface area contributed by atoms with Gasteiger partial charge in [0.05, 0.1) is 11.3 Å². The van der Waals surface area contributed by atoms with Gasteiger partial charge in [0.25, 0.3) is 0 Å². The third kappa shape index (κ3) is 5.07. The van der Waals surface area contributed by atoms with Gasteiger partial charge in [-0.3, -0.25) is 4.57 Å². The third-order valence-corrected chi connectivity index (χ3v) is 11.2. The zero-order valence-electron chi connectivity index (χ0n) is 31.0. The fourth-order valence-electron chi connectivity index (χ4n) is 8.55. The number of aromatic nitrogens is 2. The monoisotopic (exact) mass is 696 g/mol. The van der Waals surface area contributed by atoms with Gasteiger partial charge < -0.3 is 4.42 Å². The molecule has 0 fully saturated rings. The van der Waals surface area contributed by atoms with Crippen LogP contribution in [0.15, 0.2) is 162 Å². The predicted molar refractivity (Wildman–Crippen MR) is 228 cm³/mol. The number of rotatable bonds is 6. The Morgan fingerprint density at radius 2 is 1.04 bits per heavy atom. The molecular weight excluding hydrogens is 657 g/mol. The van der Waals surface area contributed by atoms with Crippen molar-refractivity contribution in [3.8, 4) is 39.3 Å². The summed E-state index contributed by atoms with van der Waals surface area (Å²) in [5.41, 5.74) is 11.4. The normalized spacial score (nSPS) is 12.0. The van der Waals surface area contributed by atoms with Gasteiger partial charge in [-0.05, 0) is 114 Å². The van der Waals surface area contributed by atoms with Crippen molar-refractivity contribution in [2.45, 2.75) is 39.5 Å². The summed E-state index contributed by atoms with van der Waals surface area (Å²) in [6.07, 6.45) is 4.04. The van der Waals surface area contributed by atoms with Gasteiger partial charge in [-0.2, -0.15) is 0 Å². The van der Waals surface area contributed by atoms with Gasteiger partial charge in [0.15, 0.2) is 0 Å². The topological polar surface area (TPSA) is 31.0 Å². The molecule has 8 aromatic carbocycles. The first-order chi connectivity index (χ1) is 26.4. The second-order valence-electron chi connectivity index (χ2n) is 15.1. The molecule has 0 amide bonds. The van der Waals surface area contributed by atoms with Crippen molar-refractivity contribution < 1.29 is 4.42 Å². The minimum absolute atomic E-state index is 0.305. The zero-order valence-corrected chi connectivity index (χ0v) is 31.0. The summed E-state index contributed by atoms with van der Waals surface area (Å²) in [5.74, 6) is 1.49. The number of imidazole rings is 1. The highest BCUT2D eigenvalue weighted by atomic mass is 16.3. The standard InChI is InChI=1S/C51H40N2O/c1-31(2)42-27-36(34-16-9-6-10-17-34)28-43(32(3)4)49(42)53-25-24-52-51(53)41-21-13-20-40-47-29-45-38-19-12-11-18-37(38)44-26-35(33-14-7-5-8-15-33)22-23-39(44)46(45)30-48(47)54-50(40)41/h5-32H,1-4H3. The summed E-state index contributed by atoms with van der Waals surface area (Å²) in [6.45, 7) is 9.15.